The Morgan fingerprint density at radius 3 is 1.13 bits per heavy atom. The van der Waals surface area contributed by atoms with Crippen molar-refractivity contribution in [3.63, 3.8) is 0 Å². The molecule has 0 spiro atoms. The van der Waals surface area contributed by atoms with Crippen molar-refractivity contribution in [3.05, 3.63) is 34.4 Å². The van der Waals surface area contributed by atoms with Crippen LogP contribution in [0, 0.1) is 6.92 Å². The van der Waals surface area contributed by atoms with E-state index in [9.17, 15) is 0 Å². The van der Waals surface area contributed by atoms with Crippen LogP contribution in [-0.2, 0) is 45.8 Å². The molecule has 0 fully saturated rings. The Bertz CT molecular complexity index is 630. The van der Waals surface area contributed by atoms with Crippen molar-refractivity contribution in [1.82, 2.24) is 0 Å². The van der Waals surface area contributed by atoms with E-state index in [1.807, 2.05) is 0 Å². The van der Waals surface area contributed by atoms with Crippen LogP contribution >= 0.6 is 0 Å². The number of benzene rings is 1. The molecule has 0 amide bonds. The number of hydrogen-bond donors (Lipinski definition) is 0. The van der Waals surface area contributed by atoms with E-state index in [1.54, 1.807) is 42.7 Å². The first-order chi connectivity index (χ1) is 14.5. The van der Waals surface area contributed by atoms with Gasteiger partial charge in [0.2, 0.25) is 0 Å². The van der Waals surface area contributed by atoms with Crippen molar-refractivity contribution in [2.75, 3.05) is 42.7 Å². The third-order valence-corrected chi connectivity index (χ3v) is 15.5. The minimum absolute atomic E-state index is 0.924. The standard InChI is InChI=1S/C22H44O6Si3/c1-19-21(12-15-30(9,25-4)26-5)17-20(11-14-29(8,23-2)24-3)18-22(19)13-16-31(10,27-6)28-7/h17-18H,11-16H2,1-10H3. The Hall–Kier alpha value is -0.369. The van der Waals surface area contributed by atoms with Gasteiger partial charge in [0.05, 0.1) is 0 Å². The summed E-state index contributed by atoms with van der Waals surface area (Å²) in [6.07, 6.45) is 2.84. The SMILES string of the molecule is CO[Si](C)(CCc1cc(CC[Si](C)(OC)OC)c(C)c(CC[Si](C)(OC)OC)c1)OC. The van der Waals surface area contributed by atoms with Crippen molar-refractivity contribution < 1.29 is 26.6 Å². The molecule has 0 N–H and O–H groups in total. The third-order valence-electron chi connectivity index (χ3n) is 6.84. The molecular formula is C22H44O6Si3. The molecule has 6 nitrogen and oxygen atoms in total. The normalized spacial score (nSPS) is 13.1. The number of aryl methyl sites for hydroxylation is 3. The first-order valence-electron chi connectivity index (χ1n) is 11.0. The molecule has 0 saturated carbocycles. The Balaban J connectivity index is 3.18. The van der Waals surface area contributed by atoms with Gasteiger partial charge in [-0.15, -0.1) is 0 Å². The highest BCUT2D eigenvalue weighted by molar-refractivity contribution is 6.66. The summed E-state index contributed by atoms with van der Waals surface area (Å²) in [5, 5.41) is 0. The largest absolute Gasteiger partial charge is 0.398 e. The van der Waals surface area contributed by atoms with Gasteiger partial charge in [0.15, 0.2) is 0 Å². The number of hydrogen-bond acceptors (Lipinski definition) is 6. The van der Waals surface area contributed by atoms with Gasteiger partial charge in [-0.2, -0.15) is 0 Å². The van der Waals surface area contributed by atoms with Crippen LogP contribution in [0.3, 0.4) is 0 Å². The number of rotatable bonds is 15. The molecule has 1 aromatic rings. The van der Waals surface area contributed by atoms with Gasteiger partial charge >= 0.3 is 25.7 Å². The lowest BCUT2D eigenvalue weighted by molar-refractivity contribution is 0.249. The Morgan fingerprint density at radius 2 is 0.839 bits per heavy atom. The van der Waals surface area contributed by atoms with Crippen molar-refractivity contribution in [1.29, 1.82) is 0 Å². The van der Waals surface area contributed by atoms with Crippen LogP contribution in [0.5, 0.6) is 0 Å². The zero-order valence-corrected chi connectivity index (χ0v) is 24.3. The van der Waals surface area contributed by atoms with Crippen LogP contribution in [0.2, 0.25) is 37.8 Å². The van der Waals surface area contributed by atoms with Crippen molar-refractivity contribution >= 4 is 25.7 Å². The van der Waals surface area contributed by atoms with Crippen LogP contribution in [0.4, 0.5) is 0 Å². The Labute approximate surface area is 193 Å². The Morgan fingerprint density at radius 1 is 0.548 bits per heavy atom. The van der Waals surface area contributed by atoms with Gasteiger partial charge in [-0.05, 0) is 86.2 Å². The smallest absolute Gasteiger partial charge is 0.334 e. The topological polar surface area (TPSA) is 55.4 Å². The summed E-state index contributed by atoms with van der Waals surface area (Å²) in [6.45, 7) is 8.59. The fourth-order valence-corrected chi connectivity index (χ4v) is 7.45. The molecule has 0 aliphatic rings. The van der Waals surface area contributed by atoms with Crippen LogP contribution in [0.25, 0.3) is 0 Å². The molecular weight excluding hydrogens is 444 g/mol. The summed E-state index contributed by atoms with van der Waals surface area (Å²) in [4.78, 5) is 0. The van der Waals surface area contributed by atoms with E-state index in [2.05, 4.69) is 38.7 Å². The van der Waals surface area contributed by atoms with Crippen LogP contribution in [-0.4, -0.2) is 68.3 Å². The lowest BCUT2D eigenvalue weighted by Crippen LogP contribution is -2.37. The molecule has 1 rings (SSSR count). The van der Waals surface area contributed by atoms with Gasteiger partial charge in [-0.25, -0.2) is 0 Å². The summed E-state index contributed by atoms with van der Waals surface area (Å²) < 4.78 is 34.2. The summed E-state index contributed by atoms with van der Waals surface area (Å²) in [6, 6.07) is 7.47. The predicted molar refractivity (Wildman–Crippen MR) is 134 cm³/mol. The van der Waals surface area contributed by atoms with Gasteiger partial charge < -0.3 is 26.6 Å². The molecule has 0 aromatic heterocycles. The zero-order valence-electron chi connectivity index (χ0n) is 21.3. The fourth-order valence-electron chi connectivity index (χ4n) is 3.53. The molecule has 180 valence electrons. The van der Waals surface area contributed by atoms with Gasteiger partial charge in [-0.1, -0.05) is 12.1 Å². The molecule has 0 radical (unpaired) electrons. The van der Waals surface area contributed by atoms with Gasteiger partial charge in [0, 0.05) is 42.7 Å². The average Bonchev–Trinajstić information content (AvgIpc) is 2.80. The second-order valence-corrected chi connectivity index (χ2v) is 19.4. The quantitative estimate of drug-likeness (QED) is 0.333. The van der Waals surface area contributed by atoms with E-state index < -0.39 is 25.7 Å². The van der Waals surface area contributed by atoms with Crippen LogP contribution < -0.4 is 0 Å². The average molecular weight is 489 g/mol. The molecule has 0 atom stereocenters. The van der Waals surface area contributed by atoms with Crippen molar-refractivity contribution in [3.8, 4) is 0 Å². The molecule has 0 bridgehead atoms. The maximum absolute atomic E-state index is 5.71. The van der Waals surface area contributed by atoms with Crippen molar-refractivity contribution in [2.45, 2.75) is 64.0 Å². The van der Waals surface area contributed by atoms with E-state index >= 15 is 0 Å². The molecule has 0 aliphatic heterocycles. The van der Waals surface area contributed by atoms with Crippen LogP contribution in [0.15, 0.2) is 12.1 Å². The first kappa shape index (κ1) is 28.7. The lowest BCUT2D eigenvalue weighted by Gasteiger charge is -2.26. The summed E-state index contributed by atoms with van der Waals surface area (Å²) in [7, 11) is 4.17. The third kappa shape index (κ3) is 8.49. The van der Waals surface area contributed by atoms with E-state index in [4.69, 9.17) is 26.6 Å². The molecule has 0 unspecified atom stereocenters. The molecule has 0 heterocycles. The molecule has 0 aliphatic carbocycles. The minimum atomic E-state index is -2.12. The zero-order chi connectivity index (χ0) is 23.7. The van der Waals surface area contributed by atoms with E-state index in [1.165, 1.54) is 22.3 Å². The maximum atomic E-state index is 5.71. The predicted octanol–water partition coefficient (Wildman–Crippen LogP) is 4.72. The Kier molecular flexibility index (Phi) is 11.8. The van der Waals surface area contributed by atoms with Gasteiger partial charge in [0.1, 0.15) is 0 Å². The highest BCUT2D eigenvalue weighted by atomic mass is 28.4. The second-order valence-electron chi connectivity index (χ2n) is 8.67. The van der Waals surface area contributed by atoms with Crippen LogP contribution in [0.1, 0.15) is 22.3 Å². The first-order valence-corrected chi connectivity index (χ1v) is 18.5. The second kappa shape index (κ2) is 12.8. The molecule has 31 heavy (non-hydrogen) atoms. The summed E-state index contributed by atoms with van der Waals surface area (Å²) in [5.74, 6) is 0. The lowest BCUT2D eigenvalue weighted by atomic mass is 9.95. The summed E-state index contributed by atoms with van der Waals surface area (Å²) >= 11 is 0. The molecule has 9 heteroatoms. The van der Waals surface area contributed by atoms with E-state index in [-0.39, 0.29) is 0 Å². The van der Waals surface area contributed by atoms with Crippen molar-refractivity contribution in [2.24, 2.45) is 0 Å². The molecule has 1 aromatic carbocycles. The van der Waals surface area contributed by atoms with E-state index in [0.717, 1.165) is 37.4 Å². The highest BCUT2D eigenvalue weighted by Gasteiger charge is 2.31. The van der Waals surface area contributed by atoms with E-state index in [0.29, 0.717) is 0 Å². The molecule has 0 saturated heterocycles. The monoisotopic (exact) mass is 488 g/mol. The van der Waals surface area contributed by atoms with Gasteiger partial charge in [0.25, 0.3) is 0 Å². The minimum Gasteiger partial charge on any atom is -0.398 e. The van der Waals surface area contributed by atoms with Gasteiger partial charge in [-0.3, -0.25) is 0 Å². The fraction of sp³-hybridized carbons (Fsp3) is 0.727. The highest BCUT2D eigenvalue weighted by Crippen LogP contribution is 2.27. The summed E-state index contributed by atoms with van der Waals surface area (Å²) in [5.41, 5.74) is 5.43. The maximum Gasteiger partial charge on any atom is 0.334 e.